The molecule has 1 fully saturated rings. The summed E-state index contributed by atoms with van der Waals surface area (Å²) in [5, 5.41) is 0. The van der Waals surface area contributed by atoms with Gasteiger partial charge in [0.2, 0.25) is 0 Å². The van der Waals surface area contributed by atoms with E-state index in [0.29, 0.717) is 0 Å². The molecule has 0 unspecified atom stereocenters. The molecule has 0 amide bonds. The highest BCUT2D eigenvalue weighted by atomic mass is 32.2. The molecule has 0 spiro atoms. The van der Waals surface area contributed by atoms with E-state index in [0.717, 1.165) is 19.1 Å². The molecule has 2 heteroatoms. The van der Waals surface area contributed by atoms with Gasteiger partial charge >= 0.3 is 0 Å². The zero-order valence-electron chi connectivity index (χ0n) is 11.0. The smallest absolute Gasteiger partial charge is 0.0284 e. The van der Waals surface area contributed by atoms with Gasteiger partial charge in [-0.15, -0.1) is 0 Å². The van der Waals surface area contributed by atoms with E-state index in [-0.39, 0.29) is 0 Å². The van der Waals surface area contributed by atoms with Crippen molar-refractivity contribution in [3.05, 3.63) is 71.8 Å². The van der Waals surface area contributed by atoms with Gasteiger partial charge in [0.15, 0.2) is 0 Å². The molecule has 1 aliphatic rings. The third-order valence-electron chi connectivity index (χ3n) is 3.59. The molecule has 1 heterocycles. The minimum atomic E-state index is 0.741. The lowest BCUT2D eigenvalue weighted by molar-refractivity contribution is 0.202. The van der Waals surface area contributed by atoms with E-state index in [1.807, 2.05) is 0 Å². The summed E-state index contributed by atoms with van der Waals surface area (Å²) in [6, 6.07) is 22.3. The number of nitrogens with zero attached hydrogens (tertiary/aromatic N) is 1. The normalized spacial score (nSPS) is 15.4. The molecule has 1 nitrogen and oxygen atoms in total. The molecule has 0 aromatic heterocycles. The molecule has 0 aliphatic carbocycles. The third kappa shape index (κ3) is 3.40. The van der Waals surface area contributed by atoms with Crippen LogP contribution in [0, 0.1) is 0 Å². The quantitative estimate of drug-likeness (QED) is 0.812. The molecule has 0 saturated carbocycles. The molecule has 0 N–H and O–H groups in total. The second kappa shape index (κ2) is 6.27. The van der Waals surface area contributed by atoms with Crippen LogP contribution in [-0.2, 0) is 13.1 Å². The average molecular weight is 269 g/mol. The summed E-state index contributed by atoms with van der Waals surface area (Å²) in [6.45, 7) is 2.11. The number of thioether (sulfide) groups is 1. The van der Waals surface area contributed by atoms with Crippen molar-refractivity contribution < 1.29 is 0 Å². The van der Waals surface area contributed by atoms with Crippen molar-refractivity contribution in [2.45, 2.75) is 19.1 Å². The predicted octanol–water partition coefficient (Wildman–Crippen LogP) is 3.80. The summed E-state index contributed by atoms with van der Waals surface area (Å²) >= 11 is 2.05. The fourth-order valence-corrected chi connectivity index (χ4v) is 3.25. The van der Waals surface area contributed by atoms with Crippen LogP contribution in [0.5, 0.6) is 0 Å². The van der Waals surface area contributed by atoms with Crippen LogP contribution in [0.4, 0.5) is 0 Å². The largest absolute Gasteiger partial charge is 0.290 e. The maximum absolute atomic E-state index is 2.61. The summed E-state index contributed by atoms with van der Waals surface area (Å²) in [6.07, 6.45) is 0. The van der Waals surface area contributed by atoms with Gasteiger partial charge in [-0.25, -0.2) is 0 Å². The van der Waals surface area contributed by atoms with Crippen LogP contribution < -0.4 is 0 Å². The fraction of sp³-hybridized carbons (Fsp3) is 0.294. The Morgan fingerprint density at radius 2 is 1.26 bits per heavy atom. The lowest BCUT2D eigenvalue weighted by atomic mass is 10.1. The van der Waals surface area contributed by atoms with Crippen molar-refractivity contribution in [2.24, 2.45) is 0 Å². The fourth-order valence-electron chi connectivity index (χ4n) is 2.38. The summed E-state index contributed by atoms with van der Waals surface area (Å²) in [5.41, 5.74) is 2.82. The van der Waals surface area contributed by atoms with E-state index in [9.17, 15) is 0 Å². The number of hydrogen-bond acceptors (Lipinski definition) is 2. The van der Waals surface area contributed by atoms with Crippen LogP contribution in [0.1, 0.15) is 11.1 Å². The van der Waals surface area contributed by atoms with Crippen LogP contribution >= 0.6 is 11.8 Å². The second-order valence-electron chi connectivity index (χ2n) is 5.07. The van der Waals surface area contributed by atoms with E-state index >= 15 is 0 Å². The van der Waals surface area contributed by atoms with Crippen molar-refractivity contribution in [3.63, 3.8) is 0 Å². The number of benzene rings is 2. The Kier molecular flexibility index (Phi) is 4.21. The topological polar surface area (TPSA) is 3.24 Å². The van der Waals surface area contributed by atoms with Crippen molar-refractivity contribution >= 4 is 11.8 Å². The van der Waals surface area contributed by atoms with Gasteiger partial charge in [0, 0.05) is 30.6 Å². The molecule has 98 valence electrons. The van der Waals surface area contributed by atoms with E-state index in [1.54, 1.807) is 0 Å². The molecule has 1 aliphatic heterocycles. The van der Waals surface area contributed by atoms with E-state index in [2.05, 4.69) is 77.3 Å². The Bertz CT molecular complexity index is 452. The molecular weight excluding hydrogens is 250 g/mol. The van der Waals surface area contributed by atoms with Crippen molar-refractivity contribution in [1.29, 1.82) is 0 Å². The van der Waals surface area contributed by atoms with Gasteiger partial charge in [0.25, 0.3) is 0 Å². The Morgan fingerprint density at radius 3 is 1.63 bits per heavy atom. The molecular formula is C17H19NS. The highest BCUT2D eigenvalue weighted by molar-refractivity contribution is 8.00. The first-order chi connectivity index (χ1) is 9.42. The van der Waals surface area contributed by atoms with Gasteiger partial charge in [-0.05, 0) is 11.1 Å². The van der Waals surface area contributed by atoms with Gasteiger partial charge in [-0.2, -0.15) is 11.8 Å². The monoisotopic (exact) mass is 269 g/mol. The first kappa shape index (κ1) is 12.8. The van der Waals surface area contributed by atoms with E-state index in [4.69, 9.17) is 0 Å². The summed E-state index contributed by atoms with van der Waals surface area (Å²) < 4.78 is 0. The van der Waals surface area contributed by atoms with E-state index in [1.165, 1.54) is 22.6 Å². The molecule has 3 rings (SSSR count). The molecule has 0 radical (unpaired) electrons. The van der Waals surface area contributed by atoms with Gasteiger partial charge in [0.1, 0.15) is 0 Å². The first-order valence-electron chi connectivity index (χ1n) is 6.81. The second-order valence-corrected chi connectivity index (χ2v) is 6.14. The van der Waals surface area contributed by atoms with E-state index < -0.39 is 0 Å². The Hall–Kier alpha value is -1.25. The van der Waals surface area contributed by atoms with Crippen LogP contribution in [0.25, 0.3) is 0 Å². The third-order valence-corrected chi connectivity index (χ3v) is 4.83. The van der Waals surface area contributed by atoms with Gasteiger partial charge in [0.05, 0.1) is 0 Å². The minimum Gasteiger partial charge on any atom is -0.290 e. The van der Waals surface area contributed by atoms with Crippen LogP contribution in [-0.4, -0.2) is 22.4 Å². The van der Waals surface area contributed by atoms with Crippen LogP contribution in [0.3, 0.4) is 0 Å². The standard InChI is InChI=1S/C17H19NS/c1-3-7-15(8-4-1)11-18(17-13-19-14-17)12-16-9-5-2-6-10-16/h1-10,17H,11-14H2. The molecule has 1 saturated heterocycles. The van der Waals surface area contributed by atoms with Crippen molar-refractivity contribution in [2.75, 3.05) is 11.5 Å². The SMILES string of the molecule is c1ccc(CN(Cc2ccccc2)C2CSC2)cc1. The summed E-state index contributed by atoms with van der Waals surface area (Å²) in [4.78, 5) is 2.61. The van der Waals surface area contributed by atoms with Gasteiger partial charge < -0.3 is 0 Å². The van der Waals surface area contributed by atoms with Crippen molar-refractivity contribution in [1.82, 2.24) is 4.90 Å². The molecule has 0 atom stereocenters. The zero-order valence-corrected chi connectivity index (χ0v) is 11.9. The first-order valence-corrected chi connectivity index (χ1v) is 7.97. The highest BCUT2D eigenvalue weighted by Crippen LogP contribution is 2.26. The Balaban J connectivity index is 1.71. The summed E-state index contributed by atoms with van der Waals surface area (Å²) in [5.74, 6) is 2.55. The lowest BCUT2D eigenvalue weighted by Gasteiger charge is -2.37. The maximum Gasteiger partial charge on any atom is 0.0284 e. The van der Waals surface area contributed by atoms with Gasteiger partial charge in [-0.3, -0.25) is 4.90 Å². The highest BCUT2D eigenvalue weighted by Gasteiger charge is 2.25. The summed E-state index contributed by atoms with van der Waals surface area (Å²) in [7, 11) is 0. The maximum atomic E-state index is 2.61. The molecule has 19 heavy (non-hydrogen) atoms. The lowest BCUT2D eigenvalue weighted by Crippen LogP contribution is -2.43. The molecule has 0 bridgehead atoms. The Labute approximate surface area is 119 Å². The minimum absolute atomic E-state index is 0.741. The predicted molar refractivity (Wildman–Crippen MR) is 83.2 cm³/mol. The molecule has 2 aromatic rings. The average Bonchev–Trinajstić information content (AvgIpc) is 2.39. The zero-order chi connectivity index (χ0) is 12.9. The van der Waals surface area contributed by atoms with Crippen molar-refractivity contribution in [3.8, 4) is 0 Å². The molecule has 2 aromatic carbocycles. The van der Waals surface area contributed by atoms with Gasteiger partial charge in [-0.1, -0.05) is 60.7 Å². The Morgan fingerprint density at radius 1 is 0.789 bits per heavy atom. The van der Waals surface area contributed by atoms with Crippen LogP contribution in [0.2, 0.25) is 0 Å². The number of rotatable bonds is 5. The van der Waals surface area contributed by atoms with Crippen LogP contribution in [0.15, 0.2) is 60.7 Å². The number of hydrogen-bond donors (Lipinski definition) is 0.